The van der Waals surface area contributed by atoms with Crippen molar-refractivity contribution in [3.8, 4) is 45.3 Å². The Bertz CT molecular complexity index is 2800. The summed E-state index contributed by atoms with van der Waals surface area (Å²) in [4.78, 5) is 17.8. The summed E-state index contributed by atoms with van der Waals surface area (Å²) in [5, 5.41) is 4.27. The number of benzene rings is 7. The van der Waals surface area contributed by atoms with E-state index in [-0.39, 0.29) is 0 Å². The lowest BCUT2D eigenvalue weighted by Crippen LogP contribution is -2.17. The van der Waals surface area contributed by atoms with Gasteiger partial charge in [0.25, 0.3) is 0 Å². The molecule has 0 bridgehead atoms. The molecule has 7 aromatic carbocycles. The summed E-state index contributed by atoms with van der Waals surface area (Å²) in [5.74, 6) is 1.82. The Hall–Kier alpha value is -7.11. The van der Waals surface area contributed by atoms with Crippen molar-refractivity contribution in [2.24, 2.45) is 0 Å². The van der Waals surface area contributed by atoms with E-state index in [4.69, 9.17) is 19.4 Å². The van der Waals surface area contributed by atoms with Crippen LogP contribution in [-0.2, 0) is 0 Å². The van der Waals surface area contributed by atoms with Crippen molar-refractivity contribution < 1.29 is 4.42 Å². The third-order valence-electron chi connectivity index (χ3n) is 10.1. The molecule has 1 aliphatic carbocycles. The van der Waals surface area contributed by atoms with Crippen LogP contribution in [-0.4, -0.2) is 15.0 Å². The number of hydrogen-bond acceptors (Lipinski definition) is 5. The zero-order valence-electron chi connectivity index (χ0n) is 29.4. The Labute approximate surface area is 313 Å². The average Bonchev–Trinajstić information content (AvgIpc) is 3.61. The van der Waals surface area contributed by atoms with E-state index in [0.717, 1.165) is 73.6 Å². The number of allylic oxidation sites excluding steroid dienone is 4. The Kier molecular flexibility index (Phi) is 7.88. The molecule has 5 heteroatoms. The summed E-state index contributed by atoms with van der Waals surface area (Å²) < 4.78 is 6.81. The van der Waals surface area contributed by atoms with Crippen LogP contribution in [0.5, 0.6) is 0 Å². The molecule has 0 aliphatic heterocycles. The lowest BCUT2D eigenvalue weighted by molar-refractivity contribution is 0.669. The Morgan fingerprint density at radius 1 is 0.481 bits per heavy atom. The molecule has 0 unspecified atom stereocenters. The van der Waals surface area contributed by atoms with Gasteiger partial charge in [-0.05, 0) is 71.1 Å². The van der Waals surface area contributed by atoms with Crippen LogP contribution >= 0.6 is 0 Å². The van der Waals surface area contributed by atoms with Gasteiger partial charge in [-0.1, -0.05) is 140 Å². The number of rotatable bonds is 7. The predicted octanol–water partition coefficient (Wildman–Crippen LogP) is 13.0. The van der Waals surface area contributed by atoms with Crippen LogP contribution in [0.2, 0.25) is 0 Å². The van der Waals surface area contributed by atoms with Crippen molar-refractivity contribution in [1.82, 2.24) is 15.0 Å². The normalized spacial score (nSPS) is 12.7. The molecule has 0 atom stereocenters. The van der Waals surface area contributed by atoms with Crippen molar-refractivity contribution in [3.05, 3.63) is 188 Å². The van der Waals surface area contributed by atoms with Crippen LogP contribution in [0.25, 0.3) is 78.0 Å². The number of furan rings is 1. The molecule has 0 saturated heterocycles. The maximum atomic E-state index is 6.81. The molecule has 5 nitrogen and oxygen atoms in total. The third kappa shape index (κ3) is 5.82. The van der Waals surface area contributed by atoms with Crippen LogP contribution in [0.3, 0.4) is 0 Å². The molecule has 1 aliphatic rings. The topological polar surface area (TPSA) is 55.1 Å². The highest BCUT2D eigenvalue weighted by Gasteiger charge is 2.24. The first kappa shape index (κ1) is 31.6. The maximum absolute atomic E-state index is 6.81. The predicted molar refractivity (Wildman–Crippen MR) is 221 cm³/mol. The minimum atomic E-state index is 0.585. The summed E-state index contributed by atoms with van der Waals surface area (Å²) in [5.41, 5.74) is 9.91. The standard InChI is InChI=1S/C49H34N4O/c1-5-15-33(16-6-1)34-25-27-40(28-26-34)53(39-23-11-4-12-24-39)41-31-43(46-42-29-37-21-13-14-22-38(37)30-44(42)54-45(46)32-41)49-51-47(35-17-7-2-8-18-35)50-48(52-49)36-19-9-3-10-20-36/h1-11,13-23,25-32H,12,24H2. The van der Waals surface area contributed by atoms with Gasteiger partial charge >= 0.3 is 0 Å². The van der Waals surface area contributed by atoms with Gasteiger partial charge in [0, 0.05) is 44.9 Å². The monoisotopic (exact) mass is 694 g/mol. The third-order valence-corrected chi connectivity index (χ3v) is 10.1. The van der Waals surface area contributed by atoms with Gasteiger partial charge < -0.3 is 9.32 Å². The summed E-state index contributed by atoms with van der Waals surface area (Å²) in [7, 11) is 0. The van der Waals surface area contributed by atoms with E-state index in [1.807, 2.05) is 60.7 Å². The van der Waals surface area contributed by atoms with E-state index >= 15 is 0 Å². The Morgan fingerprint density at radius 2 is 1.06 bits per heavy atom. The lowest BCUT2D eigenvalue weighted by atomic mass is 10.00. The van der Waals surface area contributed by atoms with Crippen molar-refractivity contribution in [2.75, 3.05) is 4.90 Å². The molecule has 2 aromatic heterocycles. The maximum Gasteiger partial charge on any atom is 0.164 e. The fourth-order valence-electron chi connectivity index (χ4n) is 7.50. The highest BCUT2D eigenvalue weighted by Crippen LogP contribution is 2.44. The highest BCUT2D eigenvalue weighted by atomic mass is 16.3. The molecule has 2 heterocycles. The zero-order chi connectivity index (χ0) is 35.8. The first-order valence-corrected chi connectivity index (χ1v) is 18.3. The molecule has 0 amide bonds. The van der Waals surface area contributed by atoms with Crippen molar-refractivity contribution in [1.29, 1.82) is 0 Å². The summed E-state index contributed by atoms with van der Waals surface area (Å²) in [6.45, 7) is 0. The molecule has 0 fully saturated rings. The Balaban J connectivity index is 1.25. The summed E-state index contributed by atoms with van der Waals surface area (Å²) in [6.07, 6.45) is 8.46. The second kappa shape index (κ2) is 13.5. The van der Waals surface area contributed by atoms with Crippen LogP contribution in [0.1, 0.15) is 12.8 Å². The van der Waals surface area contributed by atoms with Gasteiger partial charge in [0.15, 0.2) is 17.5 Å². The van der Waals surface area contributed by atoms with E-state index in [2.05, 4.69) is 126 Å². The number of fused-ring (bicyclic) bond motifs is 4. The number of hydrogen-bond donors (Lipinski definition) is 0. The lowest BCUT2D eigenvalue weighted by Gasteiger charge is -2.29. The van der Waals surface area contributed by atoms with Crippen molar-refractivity contribution in [3.63, 3.8) is 0 Å². The van der Waals surface area contributed by atoms with E-state index < -0.39 is 0 Å². The van der Waals surface area contributed by atoms with Gasteiger partial charge in [-0.25, -0.2) is 15.0 Å². The SMILES string of the molecule is C1=CCCC(N(c2ccc(-c3ccccc3)cc2)c2cc(-c3nc(-c4ccccc4)nc(-c4ccccc4)n3)c3c(c2)oc2cc4ccccc4cc23)=C1. The van der Waals surface area contributed by atoms with E-state index in [1.165, 1.54) is 16.8 Å². The Morgan fingerprint density at radius 3 is 1.69 bits per heavy atom. The summed E-state index contributed by atoms with van der Waals surface area (Å²) >= 11 is 0. The highest BCUT2D eigenvalue weighted by molar-refractivity contribution is 6.16. The molecule has 0 saturated carbocycles. The smallest absolute Gasteiger partial charge is 0.164 e. The fraction of sp³-hybridized carbons (Fsp3) is 0.0408. The molecule has 10 rings (SSSR count). The minimum absolute atomic E-state index is 0.585. The van der Waals surface area contributed by atoms with Crippen molar-refractivity contribution in [2.45, 2.75) is 12.8 Å². The van der Waals surface area contributed by atoms with Crippen LogP contribution in [0.4, 0.5) is 11.4 Å². The molecule has 256 valence electrons. The van der Waals surface area contributed by atoms with Gasteiger partial charge in [0.1, 0.15) is 11.2 Å². The van der Waals surface area contributed by atoms with Crippen molar-refractivity contribution >= 4 is 44.1 Å². The minimum Gasteiger partial charge on any atom is -0.456 e. The molecular weight excluding hydrogens is 661 g/mol. The number of nitrogens with zero attached hydrogens (tertiary/aromatic N) is 4. The summed E-state index contributed by atoms with van der Waals surface area (Å²) in [6, 6.07) is 56.8. The zero-order valence-corrected chi connectivity index (χ0v) is 29.4. The number of aromatic nitrogens is 3. The number of anilines is 2. The molecule has 54 heavy (non-hydrogen) atoms. The van der Waals surface area contributed by atoms with E-state index in [9.17, 15) is 0 Å². The largest absolute Gasteiger partial charge is 0.456 e. The van der Waals surface area contributed by atoms with Crippen LogP contribution < -0.4 is 4.90 Å². The molecule has 0 radical (unpaired) electrons. The molecular formula is C49H34N4O. The molecule has 9 aromatic rings. The van der Waals surface area contributed by atoms with Gasteiger partial charge in [0.05, 0.1) is 5.69 Å². The first-order valence-electron chi connectivity index (χ1n) is 18.3. The fourth-order valence-corrected chi connectivity index (χ4v) is 7.50. The van der Waals surface area contributed by atoms with Crippen LogP contribution in [0.15, 0.2) is 192 Å². The van der Waals surface area contributed by atoms with Crippen LogP contribution in [0, 0.1) is 0 Å². The molecule has 0 N–H and O–H groups in total. The van der Waals surface area contributed by atoms with Gasteiger partial charge in [0.2, 0.25) is 0 Å². The second-order valence-electron chi connectivity index (χ2n) is 13.6. The van der Waals surface area contributed by atoms with E-state index in [0.29, 0.717) is 17.5 Å². The molecule has 0 spiro atoms. The average molecular weight is 695 g/mol. The van der Waals surface area contributed by atoms with Gasteiger partial charge in [-0.15, -0.1) is 0 Å². The second-order valence-corrected chi connectivity index (χ2v) is 13.6. The quantitative estimate of drug-likeness (QED) is 0.166. The van der Waals surface area contributed by atoms with Gasteiger partial charge in [-0.3, -0.25) is 0 Å². The van der Waals surface area contributed by atoms with E-state index in [1.54, 1.807) is 0 Å². The first-order chi connectivity index (χ1) is 26.7. The van der Waals surface area contributed by atoms with Gasteiger partial charge in [-0.2, -0.15) is 0 Å².